The lowest BCUT2D eigenvalue weighted by Crippen LogP contribution is -2.49. The van der Waals surface area contributed by atoms with E-state index in [1.54, 1.807) is 0 Å². The summed E-state index contributed by atoms with van der Waals surface area (Å²) in [5.41, 5.74) is 4.70. The third-order valence-corrected chi connectivity index (χ3v) is 6.81. The van der Waals surface area contributed by atoms with Gasteiger partial charge in [0.15, 0.2) is 5.65 Å². The third-order valence-electron chi connectivity index (χ3n) is 6.81. The van der Waals surface area contributed by atoms with Crippen LogP contribution in [0.2, 0.25) is 0 Å². The summed E-state index contributed by atoms with van der Waals surface area (Å²) in [6.45, 7) is 6.88. The number of carbonyl (C=O) groups excluding carboxylic acids is 1. The molecule has 0 atom stereocenters. The number of amides is 1. The van der Waals surface area contributed by atoms with Crippen LogP contribution in [0.4, 0.5) is 5.82 Å². The second-order valence-electron chi connectivity index (χ2n) is 9.36. The summed E-state index contributed by atoms with van der Waals surface area (Å²) >= 11 is 0. The normalized spacial score (nSPS) is 16.3. The maximum atomic E-state index is 13.0. The number of anilines is 1. The van der Waals surface area contributed by atoms with Crippen molar-refractivity contribution in [1.29, 1.82) is 0 Å². The first-order chi connectivity index (χ1) is 16.6. The Morgan fingerprint density at radius 3 is 2.26 bits per heavy atom. The van der Waals surface area contributed by atoms with Crippen molar-refractivity contribution < 1.29 is 4.79 Å². The summed E-state index contributed by atoms with van der Waals surface area (Å²) in [6, 6.07) is 18.0. The number of para-hydroxylation sites is 1. The van der Waals surface area contributed by atoms with Crippen molar-refractivity contribution in [3.05, 3.63) is 77.2 Å². The standard InChI is InChI=1S/C27H28N6O/c1-18-8-10-21(11-9-18)27(34)32-16-14-31(15-17-32)25-23-19(2)30-33(22-6-4-3-5-7-22)26(23)29-24(28-25)20-12-13-20/h3-11,20H,12-17H2,1-2H3. The Balaban J connectivity index is 1.32. The van der Waals surface area contributed by atoms with E-state index in [0.29, 0.717) is 19.0 Å². The van der Waals surface area contributed by atoms with Crippen LogP contribution in [0.3, 0.4) is 0 Å². The van der Waals surface area contributed by atoms with Crippen LogP contribution in [0.5, 0.6) is 0 Å². The number of benzene rings is 2. The highest BCUT2D eigenvalue weighted by atomic mass is 16.2. The van der Waals surface area contributed by atoms with E-state index >= 15 is 0 Å². The molecular formula is C27H28N6O. The molecule has 1 amide bonds. The first-order valence-electron chi connectivity index (χ1n) is 12.0. The monoisotopic (exact) mass is 452 g/mol. The zero-order valence-electron chi connectivity index (χ0n) is 19.6. The molecule has 34 heavy (non-hydrogen) atoms. The van der Waals surface area contributed by atoms with Crippen LogP contribution >= 0.6 is 0 Å². The lowest BCUT2D eigenvalue weighted by atomic mass is 10.1. The minimum atomic E-state index is 0.0965. The predicted molar refractivity (Wildman–Crippen MR) is 133 cm³/mol. The first kappa shape index (κ1) is 20.8. The van der Waals surface area contributed by atoms with Crippen molar-refractivity contribution in [2.75, 3.05) is 31.1 Å². The number of piperazine rings is 1. The molecule has 0 spiro atoms. The minimum absolute atomic E-state index is 0.0965. The van der Waals surface area contributed by atoms with Gasteiger partial charge >= 0.3 is 0 Å². The molecule has 1 aliphatic carbocycles. The van der Waals surface area contributed by atoms with Crippen LogP contribution in [-0.4, -0.2) is 56.7 Å². The number of aryl methyl sites for hydroxylation is 2. The molecule has 0 unspecified atom stereocenters. The molecule has 1 aliphatic heterocycles. The Morgan fingerprint density at radius 1 is 0.882 bits per heavy atom. The molecule has 3 heterocycles. The predicted octanol–water partition coefficient (Wildman–Crippen LogP) is 4.27. The summed E-state index contributed by atoms with van der Waals surface area (Å²) in [6.07, 6.45) is 2.28. The number of hydrogen-bond acceptors (Lipinski definition) is 5. The fraction of sp³-hybridized carbons (Fsp3) is 0.333. The Morgan fingerprint density at radius 2 is 1.59 bits per heavy atom. The molecule has 7 heteroatoms. The van der Waals surface area contributed by atoms with Crippen LogP contribution in [0.1, 0.15) is 46.2 Å². The summed E-state index contributed by atoms with van der Waals surface area (Å²) < 4.78 is 1.94. The van der Waals surface area contributed by atoms with E-state index in [1.165, 1.54) is 0 Å². The zero-order chi connectivity index (χ0) is 23.2. The van der Waals surface area contributed by atoms with Gasteiger partial charge in [0, 0.05) is 37.7 Å². The van der Waals surface area contributed by atoms with Gasteiger partial charge in [0.1, 0.15) is 11.6 Å². The lowest BCUT2D eigenvalue weighted by molar-refractivity contribution is 0.0746. The van der Waals surface area contributed by atoms with Crippen LogP contribution in [0.25, 0.3) is 16.7 Å². The van der Waals surface area contributed by atoms with E-state index in [9.17, 15) is 4.79 Å². The highest BCUT2D eigenvalue weighted by molar-refractivity contribution is 5.95. The van der Waals surface area contributed by atoms with Gasteiger partial charge in [-0.3, -0.25) is 4.79 Å². The molecule has 2 aliphatic rings. The van der Waals surface area contributed by atoms with E-state index < -0.39 is 0 Å². The Hall–Kier alpha value is -3.74. The third kappa shape index (κ3) is 3.71. The Bertz CT molecular complexity index is 1350. The maximum Gasteiger partial charge on any atom is 0.253 e. The van der Waals surface area contributed by atoms with Gasteiger partial charge in [0.05, 0.1) is 16.8 Å². The minimum Gasteiger partial charge on any atom is -0.352 e. The Labute approximate surface area is 199 Å². The van der Waals surface area contributed by atoms with Gasteiger partial charge in [0.2, 0.25) is 0 Å². The SMILES string of the molecule is Cc1ccc(C(=O)N2CCN(c3nc(C4CC4)nc4c3c(C)nn4-c3ccccc3)CC2)cc1. The van der Waals surface area contributed by atoms with Gasteiger partial charge in [0.25, 0.3) is 5.91 Å². The number of carbonyl (C=O) groups is 1. The van der Waals surface area contributed by atoms with Gasteiger partial charge < -0.3 is 9.80 Å². The fourth-order valence-electron chi connectivity index (χ4n) is 4.68. The average Bonchev–Trinajstić information content (AvgIpc) is 3.68. The summed E-state index contributed by atoms with van der Waals surface area (Å²) in [5, 5.41) is 5.86. The number of rotatable bonds is 4. The Kier molecular flexibility index (Phi) is 5.05. The molecule has 2 aromatic carbocycles. The molecule has 1 saturated carbocycles. The van der Waals surface area contributed by atoms with Gasteiger partial charge in [-0.2, -0.15) is 5.10 Å². The van der Waals surface area contributed by atoms with E-state index in [1.807, 2.05) is 65.9 Å². The van der Waals surface area contributed by atoms with Crippen LogP contribution in [-0.2, 0) is 0 Å². The number of aromatic nitrogens is 4. The van der Waals surface area contributed by atoms with Crippen LogP contribution in [0.15, 0.2) is 54.6 Å². The van der Waals surface area contributed by atoms with Crippen LogP contribution in [0, 0.1) is 13.8 Å². The molecule has 7 nitrogen and oxygen atoms in total. The smallest absolute Gasteiger partial charge is 0.253 e. The van der Waals surface area contributed by atoms with E-state index in [0.717, 1.165) is 71.1 Å². The van der Waals surface area contributed by atoms with Crippen molar-refractivity contribution in [1.82, 2.24) is 24.6 Å². The van der Waals surface area contributed by atoms with Gasteiger partial charge in [-0.1, -0.05) is 35.9 Å². The molecule has 0 bridgehead atoms. The van der Waals surface area contributed by atoms with Crippen molar-refractivity contribution in [2.45, 2.75) is 32.6 Å². The van der Waals surface area contributed by atoms with E-state index in [2.05, 4.69) is 17.0 Å². The highest BCUT2D eigenvalue weighted by Gasteiger charge is 2.31. The molecule has 0 N–H and O–H groups in total. The van der Waals surface area contributed by atoms with Gasteiger partial charge in [-0.25, -0.2) is 14.6 Å². The van der Waals surface area contributed by atoms with Gasteiger partial charge in [-0.05, 0) is 51.0 Å². The summed E-state index contributed by atoms with van der Waals surface area (Å²) in [7, 11) is 0. The molecule has 6 rings (SSSR count). The topological polar surface area (TPSA) is 67.2 Å². The molecule has 2 aromatic heterocycles. The molecule has 0 radical (unpaired) electrons. The number of fused-ring (bicyclic) bond motifs is 1. The largest absolute Gasteiger partial charge is 0.352 e. The van der Waals surface area contributed by atoms with Crippen molar-refractivity contribution >= 4 is 22.8 Å². The quantitative estimate of drug-likeness (QED) is 0.463. The molecule has 1 saturated heterocycles. The van der Waals surface area contributed by atoms with Gasteiger partial charge in [-0.15, -0.1) is 0 Å². The van der Waals surface area contributed by atoms with E-state index in [4.69, 9.17) is 15.1 Å². The number of nitrogens with zero attached hydrogens (tertiary/aromatic N) is 6. The van der Waals surface area contributed by atoms with Crippen molar-refractivity contribution in [3.63, 3.8) is 0 Å². The molecule has 2 fully saturated rings. The fourth-order valence-corrected chi connectivity index (χ4v) is 4.68. The summed E-state index contributed by atoms with van der Waals surface area (Å²) in [5.74, 6) is 2.40. The average molecular weight is 453 g/mol. The zero-order valence-corrected chi connectivity index (χ0v) is 19.6. The lowest BCUT2D eigenvalue weighted by Gasteiger charge is -2.36. The van der Waals surface area contributed by atoms with Crippen molar-refractivity contribution in [3.8, 4) is 5.69 Å². The maximum absolute atomic E-state index is 13.0. The molecule has 172 valence electrons. The first-order valence-corrected chi connectivity index (χ1v) is 12.0. The van der Waals surface area contributed by atoms with Crippen LogP contribution < -0.4 is 4.90 Å². The molecular weight excluding hydrogens is 424 g/mol. The van der Waals surface area contributed by atoms with Crippen molar-refractivity contribution in [2.24, 2.45) is 0 Å². The second-order valence-corrected chi connectivity index (χ2v) is 9.36. The molecule has 4 aromatic rings. The second kappa shape index (κ2) is 8.24. The van der Waals surface area contributed by atoms with E-state index in [-0.39, 0.29) is 5.91 Å². The summed E-state index contributed by atoms with van der Waals surface area (Å²) in [4.78, 5) is 27.3. The highest BCUT2D eigenvalue weighted by Crippen LogP contribution is 2.40. The number of hydrogen-bond donors (Lipinski definition) is 0.